The van der Waals surface area contributed by atoms with E-state index in [1.165, 1.54) is 5.69 Å². The molecule has 0 aliphatic carbocycles. The maximum absolute atomic E-state index is 6.33. The third kappa shape index (κ3) is 7.30. The number of nitrogens with zero attached hydrogens (tertiary/aromatic N) is 6. The van der Waals surface area contributed by atoms with Crippen LogP contribution in [0.2, 0.25) is 5.02 Å². The van der Waals surface area contributed by atoms with Crippen LogP contribution in [0.5, 0.6) is 17.2 Å². The molecule has 256 valence electrons. The molecule has 1 aliphatic rings. The first-order valence-electron chi connectivity index (χ1n) is 16.4. The normalized spacial score (nSPS) is 13.0. The number of ether oxygens (including phenoxy) is 3. The third-order valence-electron chi connectivity index (χ3n) is 8.57. The molecular formula is C37H38ClN9O3. The predicted octanol–water partition coefficient (Wildman–Crippen LogP) is 6.85. The first kappa shape index (κ1) is 32.8. The Morgan fingerprint density at radius 3 is 2.06 bits per heavy atom. The molecule has 0 amide bonds. The van der Waals surface area contributed by atoms with Crippen molar-refractivity contribution in [1.29, 1.82) is 0 Å². The van der Waals surface area contributed by atoms with E-state index in [-0.39, 0.29) is 0 Å². The van der Waals surface area contributed by atoms with Gasteiger partial charge in [0.05, 0.1) is 38.1 Å². The van der Waals surface area contributed by atoms with Crippen molar-refractivity contribution in [3.8, 4) is 17.2 Å². The van der Waals surface area contributed by atoms with Crippen molar-refractivity contribution in [1.82, 2.24) is 19.9 Å². The number of nitrogens with one attached hydrogen (secondary N) is 3. The predicted molar refractivity (Wildman–Crippen MR) is 201 cm³/mol. The van der Waals surface area contributed by atoms with E-state index in [4.69, 9.17) is 45.7 Å². The second-order valence-electron chi connectivity index (χ2n) is 11.7. The van der Waals surface area contributed by atoms with Crippen LogP contribution in [0.4, 0.5) is 34.9 Å². The lowest BCUT2D eigenvalue weighted by Crippen LogP contribution is -2.47. The molecule has 0 atom stereocenters. The molecule has 0 saturated carbocycles. The number of hydrogen-bond acceptors (Lipinski definition) is 12. The lowest BCUT2D eigenvalue weighted by Gasteiger charge is -2.36. The highest BCUT2D eigenvalue weighted by Gasteiger charge is 2.21. The summed E-state index contributed by atoms with van der Waals surface area (Å²) in [6.45, 7) is 4.33. The van der Waals surface area contributed by atoms with E-state index < -0.39 is 0 Å². The van der Waals surface area contributed by atoms with Gasteiger partial charge in [-0.1, -0.05) is 29.8 Å². The Bertz CT molecular complexity index is 2090. The van der Waals surface area contributed by atoms with Crippen LogP contribution in [0, 0.1) is 0 Å². The van der Waals surface area contributed by atoms with Crippen LogP contribution in [0.25, 0.3) is 21.8 Å². The second-order valence-corrected chi connectivity index (χ2v) is 12.1. The number of rotatable bonds is 12. The van der Waals surface area contributed by atoms with Gasteiger partial charge in [-0.25, -0.2) is 4.98 Å². The zero-order valence-corrected chi connectivity index (χ0v) is 28.9. The number of anilines is 6. The van der Waals surface area contributed by atoms with Gasteiger partial charge in [0.15, 0.2) is 0 Å². The highest BCUT2D eigenvalue weighted by atomic mass is 35.5. The quantitative estimate of drug-likeness (QED) is 0.0920. The van der Waals surface area contributed by atoms with Gasteiger partial charge in [0.2, 0.25) is 17.8 Å². The van der Waals surface area contributed by atoms with Crippen molar-refractivity contribution < 1.29 is 14.2 Å². The Morgan fingerprint density at radius 2 is 1.32 bits per heavy atom. The Balaban J connectivity index is 1.12. The molecule has 3 N–H and O–H groups in total. The summed E-state index contributed by atoms with van der Waals surface area (Å²) < 4.78 is 16.5. The average molecular weight is 692 g/mol. The zero-order valence-electron chi connectivity index (χ0n) is 28.1. The Kier molecular flexibility index (Phi) is 9.70. The minimum Gasteiger partial charge on any atom is -0.497 e. The van der Waals surface area contributed by atoms with Gasteiger partial charge in [-0.2, -0.15) is 15.0 Å². The number of para-hydroxylation sites is 1. The monoisotopic (exact) mass is 691 g/mol. The summed E-state index contributed by atoms with van der Waals surface area (Å²) in [7, 11) is 4.90. The molecule has 1 fully saturated rings. The van der Waals surface area contributed by atoms with E-state index in [1.54, 1.807) is 21.3 Å². The van der Waals surface area contributed by atoms with Crippen molar-refractivity contribution in [2.45, 2.75) is 0 Å². The van der Waals surface area contributed by atoms with Crippen molar-refractivity contribution in [2.24, 2.45) is 0 Å². The number of benzene rings is 4. The minimum absolute atomic E-state index is 0.404. The fourth-order valence-electron chi connectivity index (χ4n) is 6.03. The molecular weight excluding hydrogens is 654 g/mol. The van der Waals surface area contributed by atoms with E-state index in [0.717, 1.165) is 65.1 Å². The molecule has 0 radical (unpaired) electrons. The number of pyridine rings is 1. The van der Waals surface area contributed by atoms with Gasteiger partial charge in [0.1, 0.15) is 17.2 Å². The fourth-order valence-corrected chi connectivity index (χ4v) is 6.20. The molecule has 1 saturated heterocycles. The number of fused-ring (bicyclic) bond motifs is 2. The molecule has 0 bridgehead atoms. The van der Waals surface area contributed by atoms with E-state index >= 15 is 0 Å². The Morgan fingerprint density at radius 1 is 0.620 bits per heavy atom. The number of halogens is 1. The van der Waals surface area contributed by atoms with Gasteiger partial charge < -0.3 is 40.0 Å². The molecule has 0 unspecified atom stereocenters. The number of aromatic nitrogens is 4. The first-order valence-corrected chi connectivity index (χ1v) is 16.7. The van der Waals surface area contributed by atoms with Crippen molar-refractivity contribution >= 4 is 68.3 Å². The third-order valence-corrected chi connectivity index (χ3v) is 8.80. The lowest BCUT2D eigenvalue weighted by molar-refractivity contribution is 0.395. The summed E-state index contributed by atoms with van der Waals surface area (Å²) in [5.74, 6) is 3.51. The highest BCUT2D eigenvalue weighted by Crippen LogP contribution is 2.34. The maximum Gasteiger partial charge on any atom is 0.233 e. The largest absolute Gasteiger partial charge is 0.497 e. The molecule has 12 nitrogen and oxygen atoms in total. The maximum atomic E-state index is 6.33. The van der Waals surface area contributed by atoms with Crippen LogP contribution in [0.3, 0.4) is 0 Å². The highest BCUT2D eigenvalue weighted by molar-refractivity contribution is 6.31. The molecule has 4 aromatic carbocycles. The van der Waals surface area contributed by atoms with Crippen LogP contribution >= 0.6 is 11.6 Å². The standard InChI is InChI=1S/C37H38ClN9O3/c1-48-27-10-12-32-31(23-27)34(30-11-9-24(38)19-33(30)42-32)39-13-14-40-35-43-36(41-25-20-28(49-2)22-29(21-25)50-3)45-37(44-35)47-17-15-46(16-18-47)26-7-5-4-6-8-26/h4-12,19-23H,13-18H2,1-3H3,(H,39,42)(H2,40,41,43,44,45). The Hall–Kier alpha value is -5.75. The van der Waals surface area contributed by atoms with Crippen molar-refractivity contribution in [2.75, 3.05) is 86.3 Å². The lowest BCUT2D eigenvalue weighted by atomic mass is 10.1. The smallest absolute Gasteiger partial charge is 0.233 e. The molecule has 50 heavy (non-hydrogen) atoms. The van der Waals surface area contributed by atoms with E-state index in [1.807, 2.05) is 60.7 Å². The molecule has 1 aliphatic heterocycles. The molecule has 2 aromatic heterocycles. The van der Waals surface area contributed by atoms with Gasteiger partial charge in [-0.3, -0.25) is 0 Å². The van der Waals surface area contributed by atoms with Crippen LogP contribution in [-0.2, 0) is 0 Å². The summed E-state index contributed by atoms with van der Waals surface area (Å²) in [5.41, 5.74) is 4.54. The van der Waals surface area contributed by atoms with Crippen LogP contribution in [-0.4, -0.2) is 80.5 Å². The van der Waals surface area contributed by atoms with E-state index in [0.29, 0.717) is 47.5 Å². The van der Waals surface area contributed by atoms with Gasteiger partial charge >= 0.3 is 0 Å². The van der Waals surface area contributed by atoms with Gasteiger partial charge in [0, 0.05) is 84.6 Å². The van der Waals surface area contributed by atoms with E-state index in [2.05, 4.69) is 50.0 Å². The summed E-state index contributed by atoms with van der Waals surface area (Å²) in [4.78, 5) is 23.8. The Labute approximate surface area is 295 Å². The van der Waals surface area contributed by atoms with Crippen LogP contribution < -0.4 is 40.0 Å². The fraction of sp³-hybridized carbons (Fsp3) is 0.243. The molecule has 3 heterocycles. The average Bonchev–Trinajstić information content (AvgIpc) is 3.16. The van der Waals surface area contributed by atoms with E-state index in [9.17, 15) is 0 Å². The summed E-state index contributed by atoms with van der Waals surface area (Å²) in [5, 5.41) is 12.9. The topological polar surface area (TPSA) is 122 Å². The molecule has 6 aromatic rings. The summed E-state index contributed by atoms with van der Waals surface area (Å²) >= 11 is 6.33. The number of piperazine rings is 1. The second kappa shape index (κ2) is 14.8. The molecule has 7 rings (SSSR count). The van der Waals surface area contributed by atoms with Gasteiger partial charge in [-0.15, -0.1) is 0 Å². The van der Waals surface area contributed by atoms with Crippen LogP contribution in [0.1, 0.15) is 0 Å². The molecule has 13 heteroatoms. The minimum atomic E-state index is 0.404. The van der Waals surface area contributed by atoms with Crippen molar-refractivity contribution in [3.63, 3.8) is 0 Å². The van der Waals surface area contributed by atoms with Gasteiger partial charge in [-0.05, 0) is 48.5 Å². The van der Waals surface area contributed by atoms with Crippen LogP contribution in [0.15, 0.2) is 84.9 Å². The SMILES string of the molecule is COc1cc(Nc2nc(NCCNc3c4ccc(Cl)cc4nc4ccc(OC)cc34)nc(N3CCN(c4ccccc4)CC3)n2)cc(OC)c1. The summed E-state index contributed by atoms with van der Waals surface area (Å²) in [6, 6.07) is 27.6. The van der Waals surface area contributed by atoms with Gasteiger partial charge in [0.25, 0.3) is 0 Å². The number of methoxy groups -OCH3 is 3. The first-order chi connectivity index (χ1) is 24.5. The molecule has 0 spiro atoms. The number of hydrogen-bond donors (Lipinski definition) is 3. The zero-order chi connectivity index (χ0) is 34.5. The van der Waals surface area contributed by atoms with Crippen molar-refractivity contribution in [3.05, 3.63) is 90.0 Å². The summed E-state index contributed by atoms with van der Waals surface area (Å²) in [6.07, 6.45) is 0.